The smallest absolute Gasteiger partial charge is 0.410 e. The fourth-order valence-electron chi connectivity index (χ4n) is 6.16. The number of fused-ring (bicyclic) bond motifs is 4. The summed E-state index contributed by atoms with van der Waals surface area (Å²) < 4.78 is 5.62. The van der Waals surface area contributed by atoms with Gasteiger partial charge in [0.05, 0.1) is 22.2 Å². The van der Waals surface area contributed by atoms with Crippen molar-refractivity contribution in [1.82, 2.24) is 9.80 Å². The minimum Gasteiger partial charge on any atom is -0.444 e. The number of ether oxygens (including phenoxy) is 1. The third kappa shape index (κ3) is 4.39. The Morgan fingerprint density at radius 1 is 1.07 bits per heavy atom. The van der Waals surface area contributed by atoms with Gasteiger partial charge in [-0.1, -0.05) is 0 Å². The standard InChI is InChI=1S/C29H34N6O5/c1-16(2)32-13-17-10-18(33-14-21-11-20(33)15-34(21)28(37)40-29(3,4)5)7-9-23(17)30-26(32)25-22-8-6-19(35(38)39)12-24(22)31-27(25)36/h6-10,12,16,20-21H,11,13-15H2,1-5H3,(H2-,30,31,36,38,39)/p+1. The van der Waals surface area contributed by atoms with Gasteiger partial charge in [0, 0.05) is 60.8 Å². The highest BCUT2D eigenvalue weighted by Gasteiger charge is 2.47. The molecular formula is C29H35N6O5+. The maximum Gasteiger partial charge on any atom is 0.410 e. The van der Waals surface area contributed by atoms with Crippen LogP contribution in [0.5, 0.6) is 0 Å². The van der Waals surface area contributed by atoms with E-state index in [1.807, 2.05) is 25.7 Å². The van der Waals surface area contributed by atoms with Crippen molar-refractivity contribution in [3.63, 3.8) is 0 Å². The molecule has 2 bridgehead atoms. The van der Waals surface area contributed by atoms with Crippen LogP contribution in [0.25, 0.3) is 5.57 Å². The number of hydrogen-bond donors (Lipinski definition) is 3. The Hall–Kier alpha value is -4.28. The van der Waals surface area contributed by atoms with Crippen LogP contribution in [0, 0.1) is 4.91 Å². The van der Waals surface area contributed by atoms with Crippen LogP contribution in [0.2, 0.25) is 0 Å². The molecule has 0 aliphatic carbocycles. The topological polar surface area (TPSA) is 117 Å². The van der Waals surface area contributed by atoms with E-state index in [0.717, 1.165) is 29.9 Å². The molecule has 0 aromatic heterocycles. The van der Waals surface area contributed by atoms with Gasteiger partial charge >= 0.3 is 11.8 Å². The molecule has 2 saturated heterocycles. The van der Waals surface area contributed by atoms with Crippen LogP contribution < -0.4 is 15.5 Å². The van der Waals surface area contributed by atoms with Crippen molar-refractivity contribution in [2.24, 2.45) is 0 Å². The predicted octanol–water partition coefficient (Wildman–Crippen LogP) is 4.64. The molecule has 11 heteroatoms. The highest BCUT2D eigenvalue weighted by atomic mass is 16.6. The van der Waals surface area contributed by atoms with Crippen molar-refractivity contribution in [3.8, 4) is 0 Å². The highest BCUT2D eigenvalue weighted by Crippen LogP contribution is 2.42. The Morgan fingerprint density at radius 3 is 2.50 bits per heavy atom. The Morgan fingerprint density at radius 2 is 1.85 bits per heavy atom. The number of anilines is 3. The van der Waals surface area contributed by atoms with Crippen LogP contribution in [-0.2, 0) is 16.1 Å². The van der Waals surface area contributed by atoms with Gasteiger partial charge in [-0.15, -0.1) is 0 Å². The maximum absolute atomic E-state index is 13.1. The lowest BCUT2D eigenvalue weighted by Gasteiger charge is -2.39. The van der Waals surface area contributed by atoms with Gasteiger partial charge in [-0.2, -0.15) is 0 Å². The van der Waals surface area contributed by atoms with Crippen LogP contribution in [-0.4, -0.2) is 68.7 Å². The van der Waals surface area contributed by atoms with Gasteiger partial charge in [0.2, 0.25) is 0 Å². The number of piperazine rings is 1. The fourth-order valence-corrected chi connectivity index (χ4v) is 6.16. The molecule has 2 aromatic carbocycles. The lowest BCUT2D eigenvalue weighted by atomic mass is 10.0. The summed E-state index contributed by atoms with van der Waals surface area (Å²) in [5, 5.41) is 15.6. The SMILES string of the molecule is CC(C)N1Cc2cc(N3CC4CC3CN4C(=O)OC(C)(C)C)ccc2N/C1=C1\C(=O)Nc2cc([N+](=O)O)ccc21. The second kappa shape index (κ2) is 9.14. The molecule has 2 atom stereocenters. The molecule has 4 aliphatic heterocycles. The largest absolute Gasteiger partial charge is 0.444 e. The number of rotatable bonds is 3. The van der Waals surface area contributed by atoms with E-state index in [9.17, 15) is 19.7 Å². The summed E-state index contributed by atoms with van der Waals surface area (Å²) in [5.74, 6) is 0.439. The normalized spacial score (nSPS) is 23.2. The van der Waals surface area contributed by atoms with Crippen LogP contribution in [0.4, 0.5) is 27.5 Å². The van der Waals surface area contributed by atoms with Crippen LogP contribution in [0.15, 0.2) is 42.2 Å². The maximum atomic E-state index is 13.1. The fraction of sp³-hybridized carbons (Fsp3) is 0.448. The summed E-state index contributed by atoms with van der Waals surface area (Å²) in [7, 11) is 0. The summed E-state index contributed by atoms with van der Waals surface area (Å²) in [6.45, 7) is 11.9. The number of carbonyl (C=O) groups excluding carboxylic acids is 2. The first-order valence-corrected chi connectivity index (χ1v) is 13.7. The molecule has 3 N–H and O–H groups in total. The van der Waals surface area contributed by atoms with E-state index in [4.69, 9.17) is 4.74 Å². The van der Waals surface area contributed by atoms with Crippen LogP contribution >= 0.6 is 0 Å². The molecule has 0 saturated carbocycles. The lowest BCUT2D eigenvalue weighted by Crippen LogP contribution is -2.50. The van der Waals surface area contributed by atoms with E-state index in [1.165, 1.54) is 12.1 Å². The van der Waals surface area contributed by atoms with Crippen molar-refractivity contribution in [3.05, 3.63) is 58.3 Å². The quantitative estimate of drug-likeness (QED) is 0.376. The number of hydrogen-bond acceptors (Lipinski definition) is 7. The molecule has 210 valence electrons. The predicted molar refractivity (Wildman–Crippen MR) is 150 cm³/mol. The van der Waals surface area contributed by atoms with Crippen molar-refractivity contribution in [2.45, 2.75) is 71.3 Å². The molecule has 0 spiro atoms. The summed E-state index contributed by atoms with van der Waals surface area (Å²) in [6, 6.07) is 11.5. The molecule has 4 aliphatic rings. The Labute approximate surface area is 232 Å². The van der Waals surface area contributed by atoms with Gasteiger partial charge in [-0.3, -0.25) is 4.79 Å². The van der Waals surface area contributed by atoms with Gasteiger partial charge < -0.3 is 30.1 Å². The first kappa shape index (κ1) is 26.0. The Kier molecular flexibility index (Phi) is 5.93. The number of benzene rings is 2. The zero-order chi connectivity index (χ0) is 28.5. The second-order valence-electron chi connectivity index (χ2n) is 12.2. The molecule has 2 fully saturated rings. The van der Waals surface area contributed by atoms with Gasteiger partial charge in [-0.25, -0.2) is 10.0 Å². The van der Waals surface area contributed by atoms with Crippen molar-refractivity contribution < 1.29 is 24.5 Å². The van der Waals surface area contributed by atoms with Crippen molar-refractivity contribution in [1.29, 1.82) is 0 Å². The van der Waals surface area contributed by atoms with Gasteiger partial charge in [0.1, 0.15) is 11.4 Å². The van der Waals surface area contributed by atoms with E-state index >= 15 is 0 Å². The van der Waals surface area contributed by atoms with Crippen LogP contribution in [0.3, 0.4) is 0 Å². The number of nitrogens with zero attached hydrogens (tertiary/aromatic N) is 4. The molecule has 6 rings (SSSR count). The minimum absolute atomic E-state index is 0.0466. The first-order chi connectivity index (χ1) is 18.9. The van der Waals surface area contributed by atoms with E-state index in [1.54, 1.807) is 6.07 Å². The summed E-state index contributed by atoms with van der Waals surface area (Å²) >= 11 is 0. The molecule has 4 heterocycles. The average molecular weight is 548 g/mol. The molecule has 2 aromatic rings. The third-order valence-corrected chi connectivity index (χ3v) is 8.00. The van der Waals surface area contributed by atoms with E-state index < -0.39 is 5.60 Å². The monoisotopic (exact) mass is 547 g/mol. The Balaban J connectivity index is 1.27. The number of nitrogens with one attached hydrogen (secondary N) is 2. The minimum atomic E-state index is -0.512. The molecule has 0 radical (unpaired) electrons. The first-order valence-electron chi connectivity index (χ1n) is 13.7. The molecule has 2 amide bonds. The zero-order valence-corrected chi connectivity index (χ0v) is 23.4. The van der Waals surface area contributed by atoms with Crippen molar-refractivity contribution >= 4 is 40.3 Å². The van der Waals surface area contributed by atoms with Crippen molar-refractivity contribution in [2.75, 3.05) is 28.6 Å². The molecule has 40 heavy (non-hydrogen) atoms. The molecular weight excluding hydrogens is 512 g/mol. The summed E-state index contributed by atoms with van der Waals surface area (Å²) in [4.78, 5) is 43.3. The number of carbonyl (C=O) groups is 2. The van der Waals surface area contributed by atoms with Gasteiger partial charge in [-0.05, 0) is 70.9 Å². The molecule has 11 nitrogen and oxygen atoms in total. The third-order valence-electron chi connectivity index (χ3n) is 8.00. The summed E-state index contributed by atoms with van der Waals surface area (Å²) in [5.41, 5.74) is 4.37. The van der Waals surface area contributed by atoms with Gasteiger partial charge in [0.25, 0.3) is 10.8 Å². The second-order valence-corrected chi connectivity index (χ2v) is 12.2. The average Bonchev–Trinajstić information content (AvgIpc) is 3.58. The number of amides is 2. The van der Waals surface area contributed by atoms with E-state index in [-0.39, 0.29) is 40.7 Å². The lowest BCUT2D eigenvalue weighted by molar-refractivity contribution is -0.729. The zero-order valence-electron chi connectivity index (χ0n) is 23.4. The molecule has 2 unspecified atom stereocenters. The van der Waals surface area contributed by atoms with Gasteiger partial charge in [0.15, 0.2) is 0 Å². The summed E-state index contributed by atoms with van der Waals surface area (Å²) in [6.07, 6.45) is 0.692. The van der Waals surface area contributed by atoms with Crippen LogP contribution in [0.1, 0.15) is 52.2 Å². The highest BCUT2D eigenvalue weighted by molar-refractivity contribution is 6.32. The Bertz CT molecular complexity index is 1460. The number of likely N-dealkylation sites (tertiary alicyclic amines) is 1. The van der Waals surface area contributed by atoms with E-state index in [0.29, 0.717) is 35.7 Å². The van der Waals surface area contributed by atoms with E-state index in [2.05, 4.69) is 52.5 Å².